The third kappa shape index (κ3) is 7.28. The van der Waals surface area contributed by atoms with Crippen LogP contribution in [0.15, 0.2) is 48.8 Å². The standard InChI is InChI=1S/C43H49ClN10O4/c1-28-23-43(27-53(28)31-4-6-36(45-2)35(44)22-31)11-15-51(16-12-43)32-24-46-38(47-25-32)26-49-17-19-52(20-18-49)29-9-13-50(14-10-29)30-3-5-33-34(21-30)42(58)54(41(33)57)37-7-8-39(55)48-40(37)56/h3-6,21-22,24-25,28-29,37H,7-20,23,26-27H2,1H3,(H,48,55,56)/t28-,37?/m0/s1. The third-order valence-corrected chi connectivity index (χ3v) is 13.9. The van der Waals surface area contributed by atoms with Crippen molar-refractivity contribution in [3.05, 3.63) is 82.2 Å². The Balaban J connectivity index is 0.720. The zero-order chi connectivity index (χ0) is 40.1. The molecule has 0 saturated carbocycles. The van der Waals surface area contributed by atoms with E-state index >= 15 is 0 Å². The summed E-state index contributed by atoms with van der Waals surface area (Å²) in [4.78, 5) is 76.9. The summed E-state index contributed by atoms with van der Waals surface area (Å²) in [6, 6.07) is 11.2. The van der Waals surface area contributed by atoms with Crippen molar-refractivity contribution in [1.29, 1.82) is 0 Å². The fraction of sp³-hybridized carbons (Fsp3) is 0.512. The van der Waals surface area contributed by atoms with Crippen LogP contribution >= 0.6 is 11.6 Å². The average molecular weight is 805 g/mol. The summed E-state index contributed by atoms with van der Waals surface area (Å²) in [5.41, 5.74) is 4.51. The summed E-state index contributed by atoms with van der Waals surface area (Å²) in [7, 11) is 0. The first-order valence-corrected chi connectivity index (χ1v) is 21.0. The number of carbonyl (C=O) groups excluding carboxylic acids is 4. The number of fused-ring (bicyclic) bond motifs is 1. The SMILES string of the molecule is [C-]#[N+]c1ccc(N2CC3(CCN(c4cnc(CN5CCN(C6CCN(c7ccc8c(c7)C(=O)N(C7CCC(=O)NC7=O)C8=O)CC6)CC5)nc4)CC3)C[C@@H]2C)cc1Cl. The lowest BCUT2D eigenvalue weighted by atomic mass is 9.76. The van der Waals surface area contributed by atoms with Gasteiger partial charge in [-0.2, -0.15) is 0 Å². The van der Waals surface area contributed by atoms with Crippen LogP contribution in [0.3, 0.4) is 0 Å². The molecule has 0 radical (unpaired) electrons. The number of hydrogen-bond acceptors (Lipinski definition) is 11. The van der Waals surface area contributed by atoms with E-state index in [0.717, 1.165) is 125 Å². The Morgan fingerprint density at radius 3 is 2.21 bits per heavy atom. The van der Waals surface area contributed by atoms with Crippen LogP contribution in [0.1, 0.15) is 78.4 Å². The van der Waals surface area contributed by atoms with Gasteiger partial charge in [0.25, 0.3) is 11.8 Å². The highest BCUT2D eigenvalue weighted by molar-refractivity contribution is 6.33. The summed E-state index contributed by atoms with van der Waals surface area (Å²) in [5.74, 6) is -1.07. The second-order valence-corrected chi connectivity index (χ2v) is 17.4. The lowest BCUT2D eigenvalue weighted by Crippen LogP contribution is -2.54. The van der Waals surface area contributed by atoms with Gasteiger partial charge in [0.1, 0.15) is 11.9 Å². The van der Waals surface area contributed by atoms with Crippen LogP contribution in [0.2, 0.25) is 5.02 Å². The summed E-state index contributed by atoms with van der Waals surface area (Å²) in [5, 5.41) is 2.78. The minimum Gasteiger partial charge on any atom is -0.371 e. The molecular weight excluding hydrogens is 756 g/mol. The predicted molar refractivity (Wildman–Crippen MR) is 220 cm³/mol. The van der Waals surface area contributed by atoms with Crippen molar-refractivity contribution in [3.8, 4) is 0 Å². The first-order valence-electron chi connectivity index (χ1n) is 20.6. The molecule has 0 bridgehead atoms. The highest BCUT2D eigenvalue weighted by Gasteiger charge is 2.46. The van der Waals surface area contributed by atoms with E-state index < -0.39 is 23.8 Å². The van der Waals surface area contributed by atoms with Crippen LogP contribution in [0.4, 0.5) is 22.7 Å². The van der Waals surface area contributed by atoms with Gasteiger partial charge in [0.15, 0.2) is 0 Å². The Morgan fingerprint density at radius 2 is 1.52 bits per heavy atom. The average Bonchev–Trinajstić information content (AvgIpc) is 3.69. The molecule has 2 atom stereocenters. The molecule has 2 aromatic carbocycles. The number of nitrogens with one attached hydrogen (secondary N) is 1. The second-order valence-electron chi connectivity index (χ2n) is 17.0. The molecule has 5 fully saturated rings. The summed E-state index contributed by atoms with van der Waals surface area (Å²) < 4.78 is 0. The summed E-state index contributed by atoms with van der Waals surface area (Å²) in [6.07, 6.45) is 9.67. The Labute approximate surface area is 343 Å². The van der Waals surface area contributed by atoms with Crippen molar-refractivity contribution in [3.63, 3.8) is 0 Å². The van der Waals surface area contributed by atoms with E-state index in [0.29, 0.717) is 33.9 Å². The molecule has 9 rings (SSSR count). The maximum absolute atomic E-state index is 13.4. The maximum Gasteiger partial charge on any atom is 0.262 e. The number of hydrogen-bond donors (Lipinski definition) is 1. The van der Waals surface area contributed by atoms with Gasteiger partial charge in [-0.1, -0.05) is 17.7 Å². The van der Waals surface area contributed by atoms with E-state index in [4.69, 9.17) is 28.1 Å². The molecule has 3 aromatic rings. The highest BCUT2D eigenvalue weighted by Crippen LogP contribution is 2.46. The number of piperidine rings is 3. The number of anilines is 3. The predicted octanol–water partition coefficient (Wildman–Crippen LogP) is 4.75. The smallest absolute Gasteiger partial charge is 0.262 e. The van der Waals surface area contributed by atoms with E-state index in [1.165, 1.54) is 0 Å². The lowest BCUT2D eigenvalue weighted by molar-refractivity contribution is -0.136. The van der Waals surface area contributed by atoms with Crippen molar-refractivity contribution in [2.45, 2.75) is 76.5 Å². The van der Waals surface area contributed by atoms with Crippen LogP contribution in [0, 0.1) is 12.0 Å². The van der Waals surface area contributed by atoms with Crippen molar-refractivity contribution >= 4 is 58.0 Å². The fourth-order valence-electron chi connectivity index (χ4n) is 10.3. The van der Waals surface area contributed by atoms with Gasteiger partial charge in [0.2, 0.25) is 17.5 Å². The molecule has 15 heteroatoms. The number of imide groups is 2. The first-order chi connectivity index (χ1) is 28.1. The molecule has 14 nitrogen and oxygen atoms in total. The maximum atomic E-state index is 13.4. The van der Waals surface area contributed by atoms with Gasteiger partial charge < -0.3 is 14.7 Å². The number of rotatable bonds is 7. The Morgan fingerprint density at radius 1 is 0.828 bits per heavy atom. The molecule has 1 aromatic heterocycles. The molecule has 7 heterocycles. The summed E-state index contributed by atoms with van der Waals surface area (Å²) in [6.45, 7) is 19.0. The number of carbonyl (C=O) groups is 4. The quantitative estimate of drug-likeness (QED) is 0.263. The Bertz CT molecular complexity index is 2150. The molecule has 0 aliphatic carbocycles. The summed E-state index contributed by atoms with van der Waals surface area (Å²) >= 11 is 6.39. The van der Waals surface area contributed by atoms with E-state index in [1.807, 2.05) is 36.7 Å². The number of amides is 4. The number of nitrogens with zero attached hydrogens (tertiary/aromatic N) is 9. The van der Waals surface area contributed by atoms with Crippen LogP contribution < -0.4 is 20.0 Å². The van der Waals surface area contributed by atoms with Crippen molar-refractivity contribution < 1.29 is 19.2 Å². The van der Waals surface area contributed by atoms with Crippen LogP contribution in [0.25, 0.3) is 4.85 Å². The minimum absolute atomic E-state index is 0.101. The van der Waals surface area contributed by atoms with E-state index in [2.05, 4.69) is 41.6 Å². The minimum atomic E-state index is -0.962. The van der Waals surface area contributed by atoms with Gasteiger partial charge in [-0.15, -0.1) is 0 Å². The lowest BCUT2D eigenvalue weighted by Gasteiger charge is -2.43. The van der Waals surface area contributed by atoms with E-state index in [1.54, 1.807) is 12.1 Å². The monoisotopic (exact) mass is 804 g/mol. The molecular formula is C43H49ClN10O4. The van der Waals surface area contributed by atoms with Gasteiger partial charge in [-0.3, -0.25) is 39.2 Å². The van der Waals surface area contributed by atoms with Crippen LogP contribution in [0.5, 0.6) is 0 Å². The van der Waals surface area contributed by atoms with Gasteiger partial charge in [0.05, 0.1) is 42.3 Å². The Hall–Kier alpha value is -5.10. The van der Waals surface area contributed by atoms with Crippen LogP contribution in [-0.2, 0) is 16.1 Å². The zero-order valence-corrected chi connectivity index (χ0v) is 33.7. The number of benzene rings is 2. The number of aromatic nitrogens is 2. The highest BCUT2D eigenvalue weighted by atomic mass is 35.5. The fourth-order valence-corrected chi connectivity index (χ4v) is 10.5. The molecule has 4 amide bonds. The Kier molecular flexibility index (Phi) is 10.3. The van der Waals surface area contributed by atoms with Gasteiger partial charge in [-0.05, 0) is 81.2 Å². The molecule has 6 aliphatic rings. The molecule has 5 saturated heterocycles. The zero-order valence-electron chi connectivity index (χ0n) is 32.9. The molecule has 58 heavy (non-hydrogen) atoms. The van der Waals surface area contributed by atoms with E-state index in [9.17, 15) is 19.2 Å². The van der Waals surface area contributed by atoms with Crippen molar-refractivity contribution in [2.24, 2.45) is 5.41 Å². The molecule has 1 spiro atoms. The third-order valence-electron chi connectivity index (χ3n) is 13.6. The van der Waals surface area contributed by atoms with Crippen molar-refractivity contribution in [1.82, 2.24) is 30.0 Å². The van der Waals surface area contributed by atoms with E-state index in [-0.39, 0.29) is 24.2 Å². The largest absolute Gasteiger partial charge is 0.371 e. The number of piperazine rings is 1. The molecule has 1 unspecified atom stereocenters. The number of halogens is 1. The molecule has 6 aliphatic heterocycles. The first kappa shape index (κ1) is 38.4. The van der Waals surface area contributed by atoms with Gasteiger partial charge in [-0.25, -0.2) is 14.8 Å². The van der Waals surface area contributed by atoms with Crippen LogP contribution in [-0.4, -0.2) is 125 Å². The molecule has 302 valence electrons. The second kappa shape index (κ2) is 15.6. The topological polar surface area (TPSA) is 130 Å². The normalized spacial score (nSPS) is 24.4. The van der Waals surface area contributed by atoms with Gasteiger partial charge >= 0.3 is 0 Å². The van der Waals surface area contributed by atoms with Crippen molar-refractivity contribution in [2.75, 3.05) is 73.6 Å². The molecule has 1 N–H and O–H groups in total. The van der Waals surface area contributed by atoms with Gasteiger partial charge in [0, 0.05) is 93.8 Å².